The van der Waals surface area contributed by atoms with Gasteiger partial charge in [-0.15, -0.1) is 0 Å². The van der Waals surface area contributed by atoms with E-state index in [0.717, 1.165) is 68.9 Å². The van der Waals surface area contributed by atoms with Gasteiger partial charge in [-0.3, -0.25) is 14.4 Å². The van der Waals surface area contributed by atoms with E-state index in [9.17, 15) is 14.4 Å². The summed E-state index contributed by atoms with van der Waals surface area (Å²) < 4.78 is 5.66. The van der Waals surface area contributed by atoms with Gasteiger partial charge in [-0.2, -0.15) is 0 Å². The third kappa shape index (κ3) is 6.01. The summed E-state index contributed by atoms with van der Waals surface area (Å²) in [6, 6.07) is 12.5. The Morgan fingerprint density at radius 1 is 0.875 bits per heavy atom. The smallest absolute Gasteiger partial charge is 0.229 e. The van der Waals surface area contributed by atoms with E-state index in [-0.39, 0.29) is 29.2 Å². The van der Waals surface area contributed by atoms with Crippen molar-refractivity contribution in [1.82, 2.24) is 0 Å². The van der Waals surface area contributed by atoms with Crippen molar-refractivity contribution in [2.45, 2.75) is 85.0 Å². The number of Topliss-reactive ketones (excluding diaryl/α,β-unsaturated/α-hetero) is 3. The molecule has 0 aliphatic heterocycles. The highest BCUT2D eigenvalue weighted by atomic mass is 16.5. The second kappa shape index (κ2) is 12.2. The van der Waals surface area contributed by atoms with Gasteiger partial charge in [-0.05, 0) is 118 Å². The minimum Gasteiger partial charge on any atom is -0.496 e. The van der Waals surface area contributed by atoms with Crippen molar-refractivity contribution in [3.63, 3.8) is 0 Å². The van der Waals surface area contributed by atoms with E-state index < -0.39 is 0 Å². The molecule has 0 heterocycles. The van der Waals surface area contributed by atoms with E-state index in [0.29, 0.717) is 41.1 Å². The number of aryl methyl sites for hydroxylation is 1. The van der Waals surface area contributed by atoms with Crippen molar-refractivity contribution in [2.75, 3.05) is 7.11 Å². The molecule has 2 aromatic carbocycles. The van der Waals surface area contributed by atoms with E-state index in [4.69, 9.17) is 4.74 Å². The zero-order valence-electron chi connectivity index (χ0n) is 24.6. The quantitative estimate of drug-likeness (QED) is 0.241. The summed E-state index contributed by atoms with van der Waals surface area (Å²) in [5, 5.41) is 0. The Labute approximate surface area is 239 Å². The molecule has 0 bridgehead atoms. The lowest BCUT2D eigenvalue weighted by Crippen LogP contribution is -2.29. The van der Waals surface area contributed by atoms with Crippen molar-refractivity contribution < 1.29 is 19.1 Å². The van der Waals surface area contributed by atoms with Crippen LogP contribution >= 0.6 is 0 Å². The summed E-state index contributed by atoms with van der Waals surface area (Å²) in [5.74, 6) is 1.68. The number of methoxy groups -OCH3 is 1. The Hall–Kier alpha value is -3.01. The maximum absolute atomic E-state index is 13.8. The molecule has 0 aromatic heterocycles. The van der Waals surface area contributed by atoms with Gasteiger partial charge in [0, 0.05) is 17.4 Å². The molecule has 0 saturated heterocycles. The minimum atomic E-state index is -0.382. The zero-order chi connectivity index (χ0) is 28.4. The van der Waals surface area contributed by atoms with Gasteiger partial charge >= 0.3 is 0 Å². The van der Waals surface area contributed by atoms with Crippen molar-refractivity contribution in [1.29, 1.82) is 0 Å². The molecule has 0 unspecified atom stereocenters. The van der Waals surface area contributed by atoms with Gasteiger partial charge in [0.15, 0.2) is 5.78 Å². The van der Waals surface area contributed by atoms with E-state index in [1.165, 1.54) is 11.1 Å². The highest BCUT2D eigenvalue weighted by Gasteiger charge is 2.35. The number of hydrogen-bond donors (Lipinski definition) is 0. The lowest BCUT2D eigenvalue weighted by molar-refractivity contribution is -0.136. The average Bonchev–Trinajstić information content (AvgIpc) is 3.39. The summed E-state index contributed by atoms with van der Waals surface area (Å²) in [6.45, 7) is 6.59. The highest BCUT2D eigenvalue weighted by Crippen LogP contribution is 2.40. The van der Waals surface area contributed by atoms with Crippen LogP contribution < -0.4 is 4.74 Å². The number of benzene rings is 2. The fraction of sp³-hybridized carbons (Fsp3) is 0.528. The average molecular weight is 541 g/mol. The third-order valence-corrected chi connectivity index (χ3v) is 9.92. The second-order valence-corrected chi connectivity index (χ2v) is 12.9. The normalized spacial score (nSPS) is 24.4. The van der Waals surface area contributed by atoms with E-state index in [1.54, 1.807) is 7.11 Å². The number of ether oxygens (including phenoxy) is 1. The van der Waals surface area contributed by atoms with Gasteiger partial charge in [0.25, 0.3) is 0 Å². The number of allylic oxidation sites excluding steroid dienone is 2. The predicted octanol–water partition coefficient (Wildman–Crippen LogP) is 7.78. The molecule has 0 spiro atoms. The maximum atomic E-state index is 13.8. The Morgan fingerprint density at radius 3 is 2.15 bits per heavy atom. The molecule has 40 heavy (non-hydrogen) atoms. The van der Waals surface area contributed by atoms with Crippen LogP contribution in [0.5, 0.6) is 5.75 Å². The fourth-order valence-electron chi connectivity index (χ4n) is 7.21. The van der Waals surface area contributed by atoms with Gasteiger partial charge < -0.3 is 4.74 Å². The number of carbonyl (C=O) groups excluding carboxylic acids is 3. The molecule has 3 aliphatic carbocycles. The number of ketones is 3. The van der Waals surface area contributed by atoms with Gasteiger partial charge in [-0.1, -0.05) is 49.8 Å². The first-order chi connectivity index (χ1) is 19.2. The number of fused-ring (bicyclic) bond motifs is 1. The lowest BCUT2D eigenvalue weighted by Gasteiger charge is -2.29. The monoisotopic (exact) mass is 540 g/mol. The molecular formula is C36H44O4. The van der Waals surface area contributed by atoms with Crippen LogP contribution in [0.1, 0.15) is 97.8 Å². The van der Waals surface area contributed by atoms with E-state index in [2.05, 4.69) is 45.0 Å². The molecule has 2 saturated carbocycles. The minimum absolute atomic E-state index is 0.0384. The Morgan fingerprint density at radius 2 is 1.52 bits per heavy atom. The maximum Gasteiger partial charge on any atom is 0.229 e. The SMILES string of the molecule is COc1cc2c(cc1C(=O)C1CCC(Cc3ccc(C)cc3)CC1)C(C(=O)C(=O)C1CCC(C(C)C)CC1)=CC2. The summed E-state index contributed by atoms with van der Waals surface area (Å²) in [5.41, 5.74) is 5.37. The molecule has 212 valence electrons. The van der Waals surface area contributed by atoms with Crippen molar-refractivity contribution >= 4 is 22.9 Å². The highest BCUT2D eigenvalue weighted by molar-refractivity contribution is 6.54. The topological polar surface area (TPSA) is 60.4 Å². The summed E-state index contributed by atoms with van der Waals surface area (Å²) in [6.07, 6.45) is 11.0. The van der Waals surface area contributed by atoms with Gasteiger partial charge in [0.2, 0.25) is 11.6 Å². The van der Waals surface area contributed by atoms with Crippen molar-refractivity contribution in [3.05, 3.63) is 70.3 Å². The second-order valence-electron chi connectivity index (χ2n) is 12.9. The van der Waals surface area contributed by atoms with Crippen LogP contribution in [-0.4, -0.2) is 24.5 Å². The van der Waals surface area contributed by atoms with Gasteiger partial charge in [-0.25, -0.2) is 0 Å². The lowest BCUT2D eigenvalue weighted by atomic mass is 9.74. The molecular weight excluding hydrogens is 496 g/mol. The standard InChI is InChI=1S/C36H44O4/c1-22(2)26-13-15-28(16-14-26)35(38)36(39)30-18-17-29-20-33(40-4)32(21-31(29)30)34(37)27-11-9-25(10-12-27)19-24-7-5-23(3)6-8-24/h5-8,18,20-22,25-28H,9-17,19H2,1-4H3. The number of hydrogen-bond acceptors (Lipinski definition) is 4. The molecule has 4 heteroatoms. The Balaban J connectivity index is 1.26. The Kier molecular flexibility index (Phi) is 8.73. The summed E-state index contributed by atoms with van der Waals surface area (Å²) >= 11 is 0. The molecule has 0 radical (unpaired) electrons. The van der Waals surface area contributed by atoms with Crippen LogP contribution in [0.15, 0.2) is 42.5 Å². The number of carbonyl (C=O) groups is 3. The fourth-order valence-corrected chi connectivity index (χ4v) is 7.21. The largest absolute Gasteiger partial charge is 0.496 e. The molecule has 3 aliphatic rings. The number of rotatable bonds is 9. The Bertz CT molecular complexity index is 1280. The van der Waals surface area contributed by atoms with Crippen LogP contribution in [0.25, 0.3) is 5.57 Å². The van der Waals surface area contributed by atoms with Gasteiger partial charge in [0.1, 0.15) is 5.75 Å². The molecule has 2 aromatic rings. The van der Waals surface area contributed by atoms with Crippen LogP contribution in [-0.2, 0) is 22.4 Å². The molecule has 0 amide bonds. The van der Waals surface area contributed by atoms with Crippen LogP contribution in [0.2, 0.25) is 0 Å². The van der Waals surface area contributed by atoms with Crippen LogP contribution in [0.3, 0.4) is 0 Å². The first kappa shape index (κ1) is 28.5. The van der Waals surface area contributed by atoms with Crippen LogP contribution in [0, 0.1) is 36.5 Å². The third-order valence-electron chi connectivity index (χ3n) is 9.92. The van der Waals surface area contributed by atoms with Crippen molar-refractivity contribution in [2.24, 2.45) is 29.6 Å². The predicted molar refractivity (Wildman–Crippen MR) is 160 cm³/mol. The first-order valence-corrected chi connectivity index (χ1v) is 15.3. The molecule has 0 N–H and O–H groups in total. The van der Waals surface area contributed by atoms with Crippen LogP contribution in [0.4, 0.5) is 0 Å². The molecule has 4 nitrogen and oxygen atoms in total. The first-order valence-electron chi connectivity index (χ1n) is 15.3. The summed E-state index contributed by atoms with van der Waals surface area (Å²) in [4.78, 5) is 40.5. The summed E-state index contributed by atoms with van der Waals surface area (Å²) in [7, 11) is 1.60. The van der Waals surface area contributed by atoms with Gasteiger partial charge in [0.05, 0.1) is 12.7 Å². The van der Waals surface area contributed by atoms with E-state index >= 15 is 0 Å². The zero-order valence-corrected chi connectivity index (χ0v) is 24.6. The molecule has 2 fully saturated rings. The molecule has 5 rings (SSSR count). The van der Waals surface area contributed by atoms with E-state index in [1.807, 2.05) is 18.2 Å². The molecule has 0 atom stereocenters. The van der Waals surface area contributed by atoms with Crippen molar-refractivity contribution in [3.8, 4) is 5.75 Å².